The lowest BCUT2D eigenvalue weighted by molar-refractivity contribution is -0.135. The van der Waals surface area contributed by atoms with Gasteiger partial charge in [0.05, 0.1) is 15.5 Å². The van der Waals surface area contributed by atoms with Gasteiger partial charge in [0.25, 0.3) is 5.91 Å². The van der Waals surface area contributed by atoms with Gasteiger partial charge in [-0.25, -0.2) is 13.2 Å². The van der Waals surface area contributed by atoms with Crippen molar-refractivity contribution in [2.45, 2.75) is 30.7 Å². The topological polar surface area (TPSA) is 84.0 Å². The number of piperidine rings is 1. The molecule has 0 aliphatic carbocycles. The number of carbonyl (C=O) groups is 2. The quantitative estimate of drug-likeness (QED) is 0.587. The Kier molecular flexibility index (Phi) is 7.69. The molecular weight excluding hydrogens is 440 g/mol. The van der Waals surface area contributed by atoms with E-state index in [-0.39, 0.29) is 27.9 Å². The summed E-state index contributed by atoms with van der Waals surface area (Å²) in [6, 6.07) is 13.0. The Morgan fingerprint density at radius 1 is 1.06 bits per heavy atom. The molecule has 0 saturated carbocycles. The van der Waals surface area contributed by atoms with Gasteiger partial charge in [-0.15, -0.1) is 0 Å². The van der Waals surface area contributed by atoms with Crippen LogP contribution in [0.3, 0.4) is 0 Å². The van der Waals surface area contributed by atoms with Gasteiger partial charge in [-0.3, -0.25) is 4.79 Å². The first kappa shape index (κ1) is 23.2. The van der Waals surface area contributed by atoms with Crippen molar-refractivity contribution in [3.63, 3.8) is 0 Å². The molecule has 0 radical (unpaired) electrons. The Morgan fingerprint density at radius 2 is 1.74 bits per heavy atom. The maximum atomic E-state index is 13.0. The number of likely N-dealkylation sites (tertiary alicyclic amines) is 1. The number of nitrogens with zero attached hydrogens (tertiary/aromatic N) is 2. The maximum Gasteiger partial charge on any atom is 0.340 e. The Balaban J connectivity index is 1.71. The van der Waals surface area contributed by atoms with E-state index in [1.54, 1.807) is 4.90 Å². The van der Waals surface area contributed by atoms with Crippen LogP contribution in [0.1, 0.15) is 35.2 Å². The standard InChI is InChI=1S/C22H25ClN2O5S/c1-24(15-17-8-4-2-5-9-17)31(28,29)18-10-11-20(23)19(14-18)22(27)30-16-21(26)25-12-6-3-7-13-25/h2,4-5,8-11,14H,3,6-7,12-13,15-16H2,1H3. The number of hydrogen-bond donors (Lipinski definition) is 0. The molecule has 166 valence electrons. The van der Waals surface area contributed by atoms with Gasteiger partial charge in [-0.1, -0.05) is 41.9 Å². The lowest BCUT2D eigenvalue weighted by Crippen LogP contribution is -2.38. The summed E-state index contributed by atoms with van der Waals surface area (Å²) in [6.45, 7) is 1.08. The number of ether oxygens (including phenoxy) is 1. The average molecular weight is 465 g/mol. The summed E-state index contributed by atoms with van der Waals surface area (Å²) in [6.07, 6.45) is 2.95. The first-order valence-corrected chi connectivity index (χ1v) is 11.9. The molecule has 3 rings (SSSR count). The third-order valence-electron chi connectivity index (χ3n) is 5.15. The van der Waals surface area contributed by atoms with E-state index in [2.05, 4.69) is 0 Å². The fourth-order valence-electron chi connectivity index (χ4n) is 3.37. The Morgan fingerprint density at radius 3 is 2.42 bits per heavy atom. The predicted octanol–water partition coefficient (Wildman–Crippen LogP) is 3.33. The van der Waals surface area contributed by atoms with Gasteiger partial charge in [-0.2, -0.15) is 4.31 Å². The van der Waals surface area contributed by atoms with E-state index in [1.165, 1.54) is 29.6 Å². The first-order chi connectivity index (χ1) is 14.8. The number of halogens is 1. The third-order valence-corrected chi connectivity index (χ3v) is 7.28. The van der Waals surface area contributed by atoms with Crippen LogP contribution in [0.25, 0.3) is 0 Å². The predicted molar refractivity (Wildman–Crippen MR) is 117 cm³/mol. The molecule has 0 aromatic heterocycles. The van der Waals surface area contributed by atoms with Gasteiger partial charge in [0.15, 0.2) is 6.61 Å². The molecule has 1 saturated heterocycles. The van der Waals surface area contributed by atoms with E-state index in [0.29, 0.717) is 13.1 Å². The van der Waals surface area contributed by atoms with Crippen LogP contribution in [-0.4, -0.2) is 56.2 Å². The average Bonchev–Trinajstić information content (AvgIpc) is 2.78. The van der Waals surface area contributed by atoms with Crippen molar-refractivity contribution in [1.29, 1.82) is 0 Å². The molecule has 1 fully saturated rings. The van der Waals surface area contributed by atoms with Crippen LogP contribution in [-0.2, 0) is 26.1 Å². The summed E-state index contributed by atoms with van der Waals surface area (Å²) in [7, 11) is -2.40. The van der Waals surface area contributed by atoms with Crippen LogP contribution >= 0.6 is 11.6 Å². The van der Waals surface area contributed by atoms with E-state index in [4.69, 9.17) is 16.3 Å². The molecule has 0 N–H and O–H groups in total. The van der Waals surface area contributed by atoms with Crippen molar-refractivity contribution >= 4 is 33.5 Å². The van der Waals surface area contributed by atoms with Crippen LogP contribution in [0.15, 0.2) is 53.4 Å². The minimum absolute atomic E-state index is 0.0556. The lowest BCUT2D eigenvalue weighted by Gasteiger charge is -2.26. The van der Waals surface area contributed by atoms with E-state index in [9.17, 15) is 18.0 Å². The summed E-state index contributed by atoms with van der Waals surface area (Å²) >= 11 is 6.11. The van der Waals surface area contributed by atoms with Crippen molar-refractivity contribution in [2.24, 2.45) is 0 Å². The van der Waals surface area contributed by atoms with Crippen LogP contribution in [0.4, 0.5) is 0 Å². The number of carbonyl (C=O) groups excluding carboxylic acids is 2. The lowest BCUT2D eigenvalue weighted by atomic mass is 10.1. The fourth-order valence-corrected chi connectivity index (χ4v) is 4.75. The highest BCUT2D eigenvalue weighted by Gasteiger charge is 2.25. The summed E-state index contributed by atoms with van der Waals surface area (Å²) in [5.74, 6) is -1.10. The molecule has 1 amide bonds. The van der Waals surface area contributed by atoms with E-state index in [1.807, 2.05) is 30.3 Å². The van der Waals surface area contributed by atoms with Crippen molar-refractivity contribution < 1.29 is 22.7 Å². The number of hydrogen-bond acceptors (Lipinski definition) is 5. The minimum Gasteiger partial charge on any atom is -0.452 e. The Hall–Kier alpha value is -2.42. The summed E-state index contributed by atoms with van der Waals surface area (Å²) in [5.41, 5.74) is 0.737. The number of amides is 1. The fraction of sp³-hybridized carbons (Fsp3) is 0.364. The molecule has 0 atom stereocenters. The highest BCUT2D eigenvalue weighted by molar-refractivity contribution is 7.89. The molecule has 2 aromatic rings. The molecule has 1 aliphatic rings. The first-order valence-electron chi connectivity index (χ1n) is 10.0. The van der Waals surface area contributed by atoms with E-state index in [0.717, 1.165) is 24.8 Å². The van der Waals surface area contributed by atoms with Crippen molar-refractivity contribution in [1.82, 2.24) is 9.21 Å². The zero-order valence-corrected chi connectivity index (χ0v) is 18.9. The highest BCUT2D eigenvalue weighted by Crippen LogP contribution is 2.24. The van der Waals surface area contributed by atoms with Crippen LogP contribution in [0, 0.1) is 0 Å². The van der Waals surface area contributed by atoms with Crippen LogP contribution < -0.4 is 0 Å². The summed E-state index contributed by atoms with van der Waals surface area (Å²) < 4.78 is 32.3. The smallest absolute Gasteiger partial charge is 0.340 e. The normalized spacial score (nSPS) is 14.5. The summed E-state index contributed by atoms with van der Waals surface area (Å²) in [5, 5.41) is 0.0556. The van der Waals surface area contributed by atoms with Crippen LogP contribution in [0.5, 0.6) is 0 Å². The molecule has 0 bridgehead atoms. The maximum absolute atomic E-state index is 13.0. The zero-order chi connectivity index (χ0) is 22.4. The second kappa shape index (κ2) is 10.3. The van der Waals surface area contributed by atoms with E-state index < -0.39 is 22.6 Å². The Labute approximate surface area is 187 Å². The largest absolute Gasteiger partial charge is 0.452 e. The number of rotatable bonds is 7. The monoisotopic (exact) mass is 464 g/mol. The zero-order valence-electron chi connectivity index (χ0n) is 17.3. The van der Waals surface area contributed by atoms with Crippen LogP contribution in [0.2, 0.25) is 5.02 Å². The minimum atomic E-state index is -3.87. The van der Waals surface area contributed by atoms with Crippen molar-refractivity contribution in [3.8, 4) is 0 Å². The second-order valence-corrected chi connectivity index (χ2v) is 9.86. The van der Waals surface area contributed by atoms with Gasteiger partial charge in [-0.05, 0) is 43.0 Å². The van der Waals surface area contributed by atoms with Gasteiger partial charge < -0.3 is 9.64 Å². The molecule has 1 heterocycles. The molecule has 9 heteroatoms. The van der Waals surface area contributed by atoms with Crippen molar-refractivity contribution in [3.05, 3.63) is 64.7 Å². The van der Waals surface area contributed by atoms with Gasteiger partial charge >= 0.3 is 5.97 Å². The number of benzene rings is 2. The van der Waals surface area contributed by atoms with Gasteiger partial charge in [0.1, 0.15) is 0 Å². The third kappa shape index (κ3) is 5.84. The molecular formula is C22H25ClN2O5S. The molecule has 0 unspecified atom stereocenters. The van der Waals surface area contributed by atoms with Gasteiger partial charge in [0.2, 0.25) is 10.0 Å². The molecule has 7 nitrogen and oxygen atoms in total. The molecule has 0 spiro atoms. The second-order valence-electron chi connectivity index (χ2n) is 7.41. The van der Waals surface area contributed by atoms with E-state index >= 15 is 0 Å². The van der Waals surface area contributed by atoms with Gasteiger partial charge in [0, 0.05) is 26.7 Å². The molecule has 1 aliphatic heterocycles. The SMILES string of the molecule is CN(Cc1ccccc1)S(=O)(=O)c1ccc(Cl)c(C(=O)OCC(=O)N2CCCCC2)c1. The number of sulfonamides is 1. The Bertz CT molecular complexity index is 1040. The highest BCUT2D eigenvalue weighted by atomic mass is 35.5. The molecule has 31 heavy (non-hydrogen) atoms. The number of esters is 1. The van der Waals surface area contributed by atoms with Crippen molar-refractivity contribution in [2.75, 3.05) is 26.7 Å². The summed E-state index contributed by atoms with van der Waals surface area (Å²) in [4.78, 5) is 26.3. The molecule has 2 aromatic carbocycles.